The Morgan fingerprint density at radius 3 is 2.68 bits per heavy atom. The first-order valence-electron chi connectivity index (χ1n) is 8.71. The van der Waals surface area contributed by atoms with Gasteiger partial charge in [-0.05, 0) is 29.4 Å². The van der Waals surface area contributed by atoms with Crippen LogP contribution in [0.4, 0.5) is 0 Å². The highest BCUT2D eigenvalue weighted by Gasteiger charge is 2.30. The van der Waals surface area contributed by atoms with Gasteiger partial charge in [0.2, 0.25) is 11.7 Å². The Balaban J connectivity index is 1.76. The smallest absolute Gasteiger partial charge is 0.243 e. The van der Waals surface area contributed by atoms with Crippen LogP contribution in [0, 0.1) is 11.3 Å². The maximum atomic E-state index is 12.8. The van der Waals surface area contributed by atoms with Crippen LogP contribution in [0.25, 0.3) is 0 Å². The van der Waals surface area contributed by atoms with Crippen LogP contribution < -0.4 is 0 Å². The van der Waals surface area contributed by atoms with E-state index in [0.29, 0.717) is 0 Å². The molecule has 0 unspecified atom stereocenters. The van der Waals surface area contributed by atoms with Crippen LogP contribution in [0.1, 0.15) is 56.6 Å². The Morgan fingerprint density at radius 1 is 1.32 bits per heavy atom. The lowest BCUT2D eigenvalue weighted by molar-refractivity contribution is -0.132. The van der Waals surface area contributed by atoms with Crippen molar-refractivity contribution in [2.45, 2.75) is 51.6 Å². The fourth-order valence-corrected chi connectivity index (χ4v) is 3.40. The topological polar surface area (TPSA) is 61.9 Å². The van der Waals surface area contributed by atoms with Gasteiger partial charge in [0.05, 0.1) is 6.04 Å². The van der Waals surface area contributed by atoms with E-state index in [9.17, 15) is 4.79 Å². The van der Waals surface area contributed by atoms with Crippen molar-refractivity contribution in [3.05, 3.63) is 53.6 Å². The first-order chi connectivity index (χ1) is 11.9. The van der Waals surface area contributed by atoms with Crippen LogP contribution in [0.15, 0.2) is 36.7 Å². The molecular formula is C20H24N4O. The minimum absolute atomic E-state index is 0.0388. The predicted octanol–water partition coefficient (Wildman–Crippen LogP) is 3.42. The summed E-state index contributed by atoms with van der Waals surface area (Å²) in [6.07, 6.45) is 5.22. The lowest BCUT2D eigenvalue weighted by atomic mass is 9.86. The van der Waals surface area contributed by atoms with Crippen molar-refractivity contribution in [3.63, 3.8) is 0 Å². The summed E-state index contributed by atoms with van der Waals surface area (Å²) in [4.78, 5) is 18.7. The molecular weight excluding hydrogens is 312 g/mol. The molecule has 0 radical (unpaired) electrons. The molecule has 0 bridgehead atoms. The molecule has 0 saturated carbocycles. The van der Waals surface area contributed by atoms with E-state index >= 15 is 0 Å². The van der Waals surface area contributed by atoms with E-state index < -0.39 is 0 Å². The maximum Gasteiger partial charge on any atom is 0.243 e. The fraction of sp³-hybridized carbons (Fsp3) is 0.450. The lowest BCUT2D eigenvalue weighted by Crippen LogP contribution is -2.33. The molecule has 25 heavy (non-hydrogen) atoms. The summed E-state index contributed by atoms with van der Waals surface area (Å²) in [7, 11) is 0. The van der Waals surface area contributed by atoms with E-state index in [4.69, 9.17) is 5.26 Å². The van der Waals surface area contributed by atoms with Gasteiger partial charge in [-0.1, -0.05) is 45.0 Å². The third-order valence-corrected chi connectivity index (χ3v) is 4.86. The number of hydrogen-bond donors (Lipinski definition) is 0. The number of imidazole rings is 1. The van der Waals surface area contributed by atoms with Crippen molar-refractivity contribution in [2.24, 2.45) is 0 Å². The number of nitrogens with zero attached hydrogens (tertiary/aromatic N) is 4. The Kier molecular flexibility index (Phi) is 4.63. The Hall–Kier alpha value is -2.61. The number of benzene rings is 1. The number of carbonyl (C=O) groups is 1. The molecule has 1 fully saturated rings. The molecule has 0 aliphatic carbocycles. The van der Waals surface area contributed by atoms with E-state index in [-0.39, 0.29) is 29.7 Å². The van der Waals surface area contributed by atoms with Crippen molar-refractivity contribution >= 4 is 5.91 Å². The lowest BCUT2D eigenvalue weighted by Gasteiger charge is -2.26. The standard InChI is InChI=1S/C20H24N4O/c1-20(2,3)16-8-6-15(7-9-16)17-5-4-11-24(17)19(25)14-23-12-10-22-18(23)13-21/h6-10,12,17H,4-5,11,14H2,1-3H3/t17-/m1/s1. The van der Waals surface area contributed by atoms with Crippen LogP contribution in [-0.2, 0) is 16.8 Å². The highest BCUT2D eigenvalue weighted by atomic mass is 16.2. The second-order valence-electron chi connectivity index (χ2n) is 7.61. The number of hydrogen-bond acceptors (Lipinski definition) is 3. The molecule has 1 aliphatic heterocycles. The van der Waals surface area contributed by atoms with Crippen molar-refractivity contribution < 1.29 is 4.79 Å². The highest BCUT2D eigenvalue weighted by molar-refractivity contribution is 5.77. The summed E-state index contributed by atoms with van der Waals surface area (Å²) in [6.45, 7) is 7.53. The maximum absolute atomic E-state index is 12.8. The quantitative estimate of drug-likeness (QED) is 0.863. The van der Waals surface area contributed by atoms with Gasteiger partial charge >= 0.3 is 0 Å². The molecule has 5 heteroatoms. The van der Waals surface area contributed by atoms with Gasteiger partial charge in [-0.2, -0.15) is 5.26 Å². The van der Waals surface area contributed by atoms with E-state index in [0.717, 1.165) is 19.4 Å². The molecule has 130 valence electrons. The third-order valence-electron chi connectivity index (χ3n) is 4.86. The van der Waals surface area contributed by atoms with Crippen molar-refractivity contribution in [3.8, 4) is 6.07 Å². The summed E-state index contributed by atoms with van der Waals surface area (Å²) >= 11 is 0. The SMILES string of the molecule is CC(C)(C)c1ccc([C@H]2CCCN2C(=O)Cn2ccnc2C#N)cc1. The molecule has 1 atom stereocenters. The molecule has 1 aromatic carbocycles. The summed E-state index contributed by atoms with van der Waals surface area (Å²) in [5, 5.41) is 9.05. The second kappa shape index (κ2) is 6.72. The van der Waals surface area contributed by atoms with Gasteiger partial charge in [-0.25, -0.2) is 4.98 Å². The molecule has 2 heterocycles. The van der Waals surface area contributed by atoms with Crippen LogP contribution >= 0.6 is 0 Å². The Labute approximate surface area is 148 Å². The molecule has 1 aliphatic rings. The van der Waals surface area contributed by atoms with Crippen LogP contribution in [0.3, 0.4) is 0 Å². The largest absolute Gasteiger partial charge is 0.334 e. The third kappa shape index (κ3) is 3.58. The molecule has 3 rings (SSSR count). The fourth-order valence-electron chi connectivity index (χ4n) is 3.40. The van der Waals surface area contributed by atoms with Gasteiger partial charge in [-0.15, -0.1) is 0 Å². The molecule has 0 N–H and O–H groups in total. The van der Waals surface area contributed by atoms with Crippen molar-refractivity contribution in [1.29, 1.82) is 5.26 Å². The van der Waals surface area contributed by atoms with Gasteiger partial charge in [-0.3, -0.25) is 4.79 Å². The summed E-state index contributed by atoms with van der Waals surface area (Å²) in [5.74, 6) is 0.315. The molecule has 5 nitrogen and oxygen atoms in total. The van der Waals surface area contributed by atoms with Gasteiger partial charge < -0.3 is 9.47 Å². The zero-order valence-electron chi connectivity index (χ0n) is 15.1. The van der Waals surface area contributed by atoms with Gasteiger partial charge in [0, 0.05) is 18.9 Å². The van der Waals surface area contributed by atoms with Crippen LogP contribution in [-0.4, -0.2) is 26.9 Å². The Morgan fingerprint density at radius 2 is 2.04 bits per heavy atom. The minimum atomic E-state index is 0.0388. The average molecular weight is 336 g/mol. The zero-order valence-corrected chi connectivity index (χ0v) is 15.1. The predicted molar refractivity (Wildman–Crippen MR) is 95.8 cm³/mol. The number of carbonyl (C=O) groups excluding carboxylic acids is 1. The zero-order chi connectivity index (χ0) is 18.0. The normalized spacial score (nSPS) is 17.5. The highest BCUT2D eigenvalue weighted by Crippen LogP contribution is 2.33. The summed E-state index contributed by atoms with van der Waals surface area (Å²) in [6, 6.07) is 10.8. The number of aromatic nitrogens is 2. The number of rotatable bonds is 3. The van der Waals surface area contributed by atoms with E-state index in [2.05, 4.69) is 50.0 Å². The average Bonchev–Trinajstić information content (AvgIpc) is 3.23. The first kappa shape index (κ1) is 17.2. The molecule has 1 aromatic heterocycles. The molecule has 1 amide bonds. The summed E-state index contributed by atoms with van der Waals surface area (Å²) < 4.78 is 1.61. The number of nitriles is 1. The molecule has 1 saturated heterocycles. The van der Waals surface area contributed by atoms with Gasteiger partial charge in [0.1, 0.15) is 12.6 Å². The minimum Gasteiger partial charge on any atom is -0.334 e. The monoisotopic (exact) mass is 336 g/mol. The van der Waals surface area contributed by atoms with Crippen LogP contribution in [0.2, 0.25) is 0 Å². The Bertz CT molecular complexity index is 792. The molecule has 2 aromatic rings. The summed E-state index contributed by atoms with van der Waals surface area (Å²) in [5.41, 5.74) is 2.60. The van der Waals surface area contributed by atoms with Gasteiger partial charge in [0.25, 0.3) is 0 Å². The number of likely N-dealkylation sites (tertiary alicyclic amines) is 1. The van der Waals surface area contributed by atoms with Gasteiger partial charge in [0.15, 0.2) is 0 Å². The van der Waals surface area contributed by atoms with E-state index in [1.807, 2.05) is 11.0 Å². The number of amides is 1. The van der Waals surface area contributed by atoms with Crippen molar-refractivity contribution in [1.82, 2.24) is 14.5 Å². The van der Waals surface area contributed by atoms with Crippen molar-refractivity contribution in [2.75, 3.05) is 6.54 Å². The van der Waals surface area contributed by atoms with Crippen LogP contribution in [0.5, 0.6) is 0 Å². The second-order valence-corrected chi connectivity index (χ2v) is 7.61. The van der Waals surface area contributed by atoms with E-state index in [1.54, 1.807) is 17.0 Å². The molecule has 0 spiro atoms. The first-order valence-corrected chi connectivity index (χ1v) is 8.71. The van der Waals surface area contributed by atoms with E-state index in [1.165, 1.54) is 11.1 Å².